The molecule has 0 aromatic heterocycles. The van der Waals surface area contributed by atoms with Crippen LogP contribution in [-0.2, 0) is 10.0 Å². The van der Waals surface area contributed by atoms with E-state index < -0.39 is 10.0 Å². The average molecular weight is 398 g/mol. The Kier molecular flexibility index (Phi) is 4.69. The van der Waals surface area contributed by atoms with E-state index in [1.807, 2.05) is 18.2 Å². The van der Waals surface area contributed by atoms with Gasteiger partial charge in [-0.1, -0.05) is 6.07 Å². The summed E-state index contributed by atoms with van der Waals surface area (Å²) in [6.45, 7) is 1.51. The number of piperidine rings is 1. The SMILES string of the molecule is O=S(=O)(Nc1c(Br)cccc1Br)C1CCNCC1. The maximum atomic E-state index is 12.3. The minimum absolute atomic E-state index is 0.322. The van der Waals surface area contributed by atoms with Gasteiger partial charge in [0.1, 0.15) is 0 Å². The first-order valence-electron chi connectivity index (χ1n) is 5.67. The van der Waals surface area contributed by atoms with Crippen LogP contribution < -0.4 is 10.0 Å². The molecule has 1 aliphatic heterocycles. The number of benzene rings is 1. The van der Waals surface area contributed by atoms with Crippen molar-refractivity contribution in [3.8, 4) is 0 Å². The topological polar surface area (TPSA) is 58.2 Å². The van der Waals surface area contributed by atoms with Crippen LogP contribution in [0, 0.1) is 0 Å². The molecule has 0 spiro atoms. The summed E-state index contributed by atoms with van der Waals surface area (Å²) < 4.78 is 28.7. The highest BCUT2D eigenvalue weighted by molar-refractivity contribution is 9.11. The van der Waals surface area contributed by atoms with E-state index in [0.717, 1.165) is 22.0 Å². The van der Waals surface area contributed by atoms with Gasteiger partial charge in [0.15, 0.2) is 0 Å². The first-order valence-corrected chi connectivity index (χ1v) is 8.80. The summed E-state index contributed by atoms with van der Waals surface area (Å²) in [6.07, 6.45) is 1.30. The number of rotatable bonds is 3. The Morgan fingerprint density at radius 3 is 2.28 bits per heavy atom. The Hall–Kier alpha value is -0.110. The second-order valence-corrected chi connectivity index (χ2v) is 7.86. The average Bonchev–Trinajstić information content (AvgIpc) is 2.35. The Bertz CT molecular complexity index is 508. The summed E-state index contributed by atoms with van der Waals surface area (Å²) in [5, 5.41) is 2.84. The van der Waals surface area contributed by atoms with E-state index in [-0.39, 0.29) is 5.25 Å². The lowest BCUT2D eigenvalue weighted by atomic mass is 10.2. The van der Waals surface area contributed by atoms with Gasteiger partial charge in [0.2, 0.25) is 10.0 Å². The molecule has 1 aromatic rings. The fourth-order valence-electron chi connectivity index (χ4n) is 1.93. The van der Waals surface area contributed by atoms with Crippen LogP contribution in [0.3, 0.4) is 0 Å². The smallest absolute Gasteiger partial charge is 0.235 e. The van der Waals surface area contributed by atoms with E-state index in [0.29, 0.717) is 18.5 Å². The van der Waals surface area contributed by atoms with Gasteiger partial charge in [-0.05, 0) is 69.9 Å². The molecule has 0 bridgehead atoms. The Morgan fingerprint density at radius 1 is 1.17 bits per heavy atom. The number of hydrogen-bond acceptors (Lipinski definition) is 3. The highest BCUT2D eigenvalue weighted by Gasteiger charge is 2.28. The zero-order valence-electron chi connectivity index (χ0n) is 9.62. The summed E-state index contributed by atoms with van der Waals surface area (Å²) >= 11 is 6.71. The van der Waals surface area contributed by atoms with E-state index in [1.165, 1.54) is 0 Å². The van der Waals surface area contributed by atoms with Crippen LogP contribution in [0.5, 0.6) is 0 Å². The van der Waals surface area contributed by atoms with E-state index in [2.05, 4.69) is 41.9 Å². The third-order valence-electron chi connectivity index (χ3n) is 2.93. The minimum atomic E-state index is -3.33. The zero-order chi connectivity index (χ0) is 13.2. The summed E-state index contributed by atoms with van der Waals surface area (Å²) in [5.41, 5.74) is 0.566. The number of halogens is 2. The predicted molar refractivity (Wildman–Crippen MR) is 80.3 cm³/mol. The van der Waals surface area contributed by atoms with Gasteiger partial charge in [-0.2, -0.15) is 0 Å². The van der Waals surface area contributed by atoms with E-state index >= 15 is 0 Å². The Balaban J connectivity index is 2.22. The van der Waals surface area contributed by atoms with Gasteiger partial charge in [0.05, 0.1) is 10.9 Å². The lowest BCUT2D eigenvalue weighted by Gasteiger charge is -2.23. The lowest BCUT2D eigenvalue weighted by molar-refractivity contribution is 0.499. The van der Waals surface area contributed by atoms with Crippen molar-refractivity contribution in [3.63, 3.8) is 0 Å². The van der Waals surface area contributed by atoms with Crippen LogP contribution in [0.1, 0.15) is 12.8 Å². The maximum absolute atomic E-state index is 12.3. The second kappa shape index (κ2) is 5.90. The molecule has 0 saturated carbocycles. The van der Waals surface area contributed by atoms with Gasteiger partial charge < -0.3 is 5.32 Å². The van der Waals surface area contributed by atoms with Crippen molar-refractivity contribution in [2.24, 2.45) is 0 Å². The zero-order valence-corrected chi connectivity index (χ0v) is 13.6. The molecule has 1 aromatic carbocycles. The minimum Gasteiger partial charge on any atom is -0.317 e. The van der Waals surface area contributed by atoms with Gasteiger partial charge in [-0.25, -0.2) is 8.42 Å². The molecule has 0 radical (unpaired) electrons. The van der Waals surface area contributed by atoms with E-state index in [4.69, 9.17) is 0 Å². The third-order valence-corrected chi connectivity index (χ3v) is 6.09. The van der Waals surface area contributed by atoms with Crippen molar-refractivity contribution in [2.45, 2.75) is 18.1 Å². The van der Waals surface area contributed by atoms with Gasteiger partial charge in [-0.15, -0.1) is 0 Å². The maximum Gasteiger partial charge on any atom is 0.235 e. The van der Waals surface area contributed by atoms with Crippen molar-refractivity contribution in [1.82, 2.24) is 5.32 Å². The number of sulfonamides is 1. The first-order chi connectivity index (χ1) is 8.50. The van der Waals surface area contributed by atoms with Crippen molar-refractivity contribution < 1.29 is 8.42 Å². The van der Waals surface area contributed by atoms with Gasteiger partial charge >= 0.3 is 0 Å². The van der Waals surface area contributed by atoms with Gasteiger partial charge in [-0.3, -0.25) is 4.72 Å². The molecule has 0 aliphatic carbocycles. The molecule has 2 N–H and O–H groups in total. The fourth-order valence-corrected chi connectivity index (χ4v) is 4.91. The Labute approximate surface area is 124 Å². The normalized spacial score (nSPS) is 17.7. The van der Waals surface area contributed by atoms with Crippen molar-refractivity contribution in [3.05, 3.63) is 27.1 Å². The molecule has 7 heteroatoms. The molecule has 2 rings (SSSR count). The van der Waals surface area contributed by atoms with Crippen molar-refractivity contribution in [1.29, 1.82) is 0 Å². The predicted octanol–water partition coefficient (Wildman–Crippen LogP) is 2.71. The summed E-state index contributed by atoms with van der Waals surface area (Å²) in [6, 6.07) is 5.46. The summed E-state index contributed by atoms with van der Waals surface area (Å²) in [5.74, 6) is 0. The van der Waals surface area contributed by atoms with Crippen LogP contribution in [0.4, 0.5) is 5.69 Å². The van der Waals surface area contributed by atoms with Crippen LogP contribution in [0.2, 0.25) is 0 Å². The van der Waals surface area contributed by atoms with E-state index in [1.54, 1.807) is 0 Å². The number of anilines is 1. The molecule has 0 atom stereocenters. The fraction of sp³-hybridized carbons (Fsp3) is 0.455. The van der Waals surface area contributed by atoms with E-state index in [9.17, 15) is 8.42 Å². The molecule has 1 fully saturated rings. The number of para-hydroxylation sites is 1. The molecule has 18 heavy (non-hydrogen) atoms. The van der Waals surface area contributed by atoms with Gasteiger partial charge in [0, 0.05) is 8.95 Å². The molecular weight excluding hydrogens is 384 g/mol. The monoisotopic (exact) mass is 396 g/mol. The molecular formula is C11H14Br2N2O2S. The number of nitrogens with one attached hydrogen (secondary N) is 2. The standard InChI is InChI=1S/C11H14Br2N2O2S/c12-9-2-1-3-10(13)11(9)15-18(16,17)8-4-6-14-7-5-8/h1-3,8,14-15H,4-7H2. The van der Waals surface area contributed by atoms with Crippen LogP contribution in [0.25, 0.3) is 0 Å². The molecule has 100 valence electrons. The second-order valence-electron chi connectivity index (χ2n) is 4.19. The molecule has 4 nitrogen and oxygen atoms in total. The largest absolute Gasteiger partial charge is 0.317 e. The van der Waals surface area contributed by atoms with Crippen LogP contribution in [-0.4, -0.2) is 26.8 Å². The molecule has 0 amide bonds. The van der Waals surface area contributed by atoms with Crippen molar-refractivity contribution >= 4 is 47.6 Å². The molecule has 1 heterocycles. The van der Waals surface area contributed by atoms with Crippen molar-refractivity contribution in [2.75, 3.05) is 17.8 Å². The van der Waals surface area contributed by atoms with Gasteiger partial charge in [0.25, 0.3) is 0 Å². The first kappa shape index (κ1) is 14.3. The van der Waals surface area contributed by atoms with Crippen LogP contribution in [0.15, 0.2) is 27.1 Å². The molecule has 1 aliphatic rings. The summed E-state index contributed by atoms with van der Waals surface area (Å²) in [7, 11) is -3.33. The summed E-state index contributed by atoms with van der Waals surface area (Å²) in [4.78, 5) is 0. The third kappa shape index (κ3) is 3.26. The van der Waals surface area contributed by atoms with Crippen LogP contribution >= 0.6 is 31.9 Å². The Morgan fingerprint density at radius 2 is 1.72 bits per heavy atom. The molecule has 0 unspecified atom stereocenters. The highest BCUT2D eigenvalue weighted by atomic mass is 79.9. The number of hydrogen-bond donors (Lipinski definition) is 2. The lowest BCUT2D eigenvalue weighted by Crippen LogP contribution is -2.38. The molecule has 1 saturated heterocycles. The quantitative estimate of drug-likeness (QED) is 0.824. The highest BCUT2D eigenvalue weighted by Crippen LogP contribution is 2.32.